The molecule has 6 heteroatoms. The number of rotatable bonds is 8. The van der Waals surface area contributed by atoms with Crippen molar-refractivity contribution in [2.75, 3.05) is 11.9 Å². The summed E-state index contributed by atoms with van der Waals surface area (Å²) in [4.78, 5) is 24.9. The first-order valence-corrected chi connectivity index (χ1v) is 11.1. The monoisotopic (exact) mass is 435 g/mol. The number of benzene rings is 2. The minimum absolute atomic E-state index is 0.0947. The summed E-state index contributed by atoms with van der Waals surface area (Å²) < 4.78 is 5.94. The van der Waals surface area contributed by atoms with Gasteiger partial charge in [-0.1, -0.05) is 54.1 Å². The van der Waals surface area contributed by atoms with E-state index in [1.807, 2.05) is 30.3 Å². The second kappa shape index (κ2) is 8.55. The highest BCUT2D eigenvalue weighted by molar-refractivity contribution is 7.18. The van der Waals surface area contributed by atoms with Crippen LogP contribution < -0.4 is 10.1 Å². The number of aryl methyl sites for hydroxylation is 1. The van der Waals surface area contributed by atoms with Gasteiger partial charge >= 0.3 is 5.97 Å². The van der Waals surface area contributed by atoms with Crippen LogP contribution in [0.3, 0.4) is 0 Å². The van der Waals surface area contributed by atoms with Gasteiger partial charge in [0.1, 0.15) is 16.2 Å². The summed E-state index contributed by atoms with van der Waals surface area (Å²) in [5.74, 6) is -0.491. The minimum Gasteiger partial charge on any atom is -0.492 e. The van der Waals surface area contributed by atoms with Crippen LogP contribution in [0.15, 0.2) is 54.6 Å². The smallest absolute Gasteiger partial charge is 0.330 e. The topological polar surface area (TPSA) is 75.6 Å². The Morgan fingerprint density at radius 3 is 2.42 bits per heavy atom. The first-order chi connectivity index (χ1) is 14.9. The Kier molecular flexibility index (Phi) is 5.83. The lowest BCUT2D eigenvalue weighted by Gasteiger charge is -2.25. The van der Waals surface area contributed by atoms with E-state index >= 15 is 0 Å². The van der Waals surface area contributed by atoms with Gasteiger partial charge in [0.05, 0.1) is 11.6 Å². The molecule has 3 aromatic rings. The van der Waals surface area contributed by atoms with Crippen LogP contribution in [-0.4, -0.2) is 29.0 Å². The molecule has 2 aromatic carbocycles. The molecule has 0 unspecified atom stereocenters. The van der Waals surface area contributed by atoms with E-state index in [0.29, 0.717) is 35.1 Å². The highest BCUT2D eigenvalue weighted by Gasteiger charge is 2.44. The summed E-state index contributed by atoms with van der Waals surface area (Å²) in [6.45, 7) is 3.99. The van der Waals surface area contributed by atoms with Gasteiger partial charge in [-0.3, -0.25) is 4.79 Å². The normalized spacial score (nSPS) is 14.1. The fraction of sp³-hybridized carbons (Fsp3) is 0.280. The van der Waals surface area contributed by atoms with Crippen LogP contribution in [0.5, 0.6) is 5.75 Å². The highest BCUT2D eigenvalue weighted by Crippen LogP contribution is 2.39. The maximum atomic E-state index is 12.2. The number of carbonyl (C=O) groups excluding carboxylic acids is 1. The average Bonchev–Trinajstić information content (AvgIpc) is 3.30. The molecule has 0 aliphatic heterocycles. The Balaban J connectivity index is 1.51. The molecule has 1 aliphatic rings. The molecule has 4 rings (SSSR count). The Bertz CT molecular complexity index is 1110. The molecule has 1 aromatic heterocycles. The first-order valence-electron chi connectivity index (χ1n) is 10.3. The third-order valence-electron chi connectivity index (χ3n) is 5.62. The summed E-state index contributed by atoms with van der Waals surface area (Å²) in [6.07, 6.45) is 1.52. The largest absolute Gasteiger partial charge is 0.492 e. The number of carboxylic acid groups (broad SMARTS) is 1. The van der Waals surface area contributed by atoms with E-state index < -0.39 is 11.5 Å². The molecule has 0 spiro atoms. The van der Waals surface area contributed by atoms with E-state index in [2.05, 4.69) is 30.4 Å². The van der Waals surface area contributed by atoms with E-state index in [9.17, 15) is 14.7 Å². The molecule has 0 fully saturated rings. The van der Waals surface area contributed by atoms with Crippen molar-refractivity contribution in [3.63, 3.8) is 0 Å². The van der Waals surface area contributed by atoms with E-state index in [0.717, 1.165) is 17.5 Å². The zero-order valence-electron chi connectivity index (χ0n) is 17.6. The molecule has 0 radical (unpaired) electrons. The zero-order valence-corrected chi connectivity index (χ0v) is 18.4. The van der Waals surface area contributed by atoms with Crippen LogP contribution in [-0.2, 0) is 24.1 Å². The second-order valence-electron chi connectivity index (χ2n) is 8.08. The lowest BCUT2D eigenvalue weighted by atomic mass is 9.96. The number of aliphatic carboxylic acids is 1. The molecular weight excluding hydrogens is 410 g/mol. The summed E-state index contributed by atoms with van der Waals surface area (Å²) in [5.41, 5.74) is 3.32. The van der Waals surface area contributed by atoms with Crippen molar-refractivity contribution in [1.82, 2.24) is 0 Å². The maximum Gasteiger partial charge on any atom is 0.330 e. The van der Waals surface area contributed by atoms with Crippen LogP contribution in [0.1, 0.15) is 38.8 Å². The Morgan fingerprint density at radius 2 is 1.81 bits per heavy atom. The predicted octanol–water partition coefficient (Wildman–Crippen LogP) is 4.91. The molecular formula is C25H25NO4S. The van der Waals surface area contributed by atoms with Crippen molar-refractivity contribution >= 4 is 28.1 Å². The number of nitrogens with one attached hydrogen (secondary N) is 1. The molecule has 0 saturated heterocycles. The first kappa shape index (κ1) is 21.1. The molecule has 31 heavy (non-hydrogen) atoms. The molecule has 1 heterocycles. The third kappa shape index (κ3) is 4.49. The molecule has 2 N–H and O–H groups in total. The van der Waals surface area contributed by atoms with Gasteiger partial charge in [-0.15, -0.1) is 11.3 Å². The quantitative estimate of drug-likeness (QED) is 0.492. The van der Waals surface area contributed by atoms with Crippen molar-refractivity contribution in [1.29, 1.82) is 0 Å². The number of hydrogen-bond acceptors (Lipinski definition) is 5. The lowest BCUT2D eigenvalue weighted by Crippen LogP contribution is -2.47. The summed E-state index contributed by atoms with van der Waals surface area (Å²) >= 11 is 1.25. The number of thiophene rings is 1. The molecule has 0 saturated carbocycles. The van der Waals surface area contributed by atoms with Gasteiger partial charge in [-0.25, -0.2) is 4.79 Å². The van der Waals surface area contributed by atoms with Crippen molar-refractivity contribution in [3.05, 3.63) is 81.7 Å². The van der Waals surface area contributed by atoms with Crippen LogP contribution in [0.25, 0.3) is 0 Å². The van der Waals surface area contributed by atoms with Gasteiger partial charge in [0.25, 0.3) is 0 Å². The van der Waals surface area contributed by atoms with Gasteiger partial charge in [-0.05, 0) is 23.6 Å². The van der Waals surface area contributed by atoms with Crippen LogP contribution in [0, 0.1) is 6.92 Å². The Morgan fingerprint density at radius 1 is 1.10 bits per heavy atom. The van der Waals surface area contributed by atoms with Crippen molar-refractivity contribution in [2.45, 2.75) is 38.6 Å². The van der Waals surface area contributed by atoms with Gasteiger partial charge in [0.15, 0.2) is 5.78 Å². The number of Topliss-reactive ketones (excluding diaryl/α,β-unsaturated/α-hetero) is 1. The fourth-order valence-corrected chi connectivity index (χ4v) is 5.07. The van der Waals surface area contributed by atoms with E-state index in [-0.39, 0.29) is 5.78 Å². The molecule has 0 bridgehead atoms. The van der Waals surface area contributed by atoms with Crippen LogP contribution >= 0.6 is 11.3 Å². The maximum absolute atomic E-state index is 12.2. The molecule has 0 atom stereocenters. The van der Waals surface area contributed by atoms with Gasteiger partial charge in [0.2, 0.25) is 0 Å². The average molecular weight is 436 g/mol. The Labute approximate surface area is 185 Å². The van der Waals surface area contributed by atoms with E-state index in [4.69, 9.17) is 4.74 Å². The SMILES string of the molecule is CC(=O)c1sc(NC2(C(=O)O)Cc3ccccc3C2)cc1OCCc1cccc(C)c1. The summed E-state index contributed by atoms with van der Waals surface area (Å²) in [5, 5.41) is 13.9. The van der Waals surface area contributed by atoms with Gasteiger partial charge < -0.3 is 15.2 Å². The number of carbonyl (C=O) groups is 2. The highest BCUT2D eigenvalue weighted by atomic mass is 32.1. The van der Waals surface area contributed by atoms with Crippen molar-refractivity contribution in [2.24, 2.45) is 0 Å². The number of hydrogen-bond donors (Lipinski definition) is 2. The van der Waals surface area contributed by atoms with E-state index in [1.165, 1.54) is 29.4 Å². The minimum atomic E-state index is -1.12. The number of anilines is 1. The van der Waals surface area contributed by atoms with Crippen molar-refractivity contribution in [3.8, 4) is 5.75 Å². The molecule has 0 amide bonds. The standard InChI is InChI=1S/C25H25NO4S/c1-16-6-5-7-18(12-16)10-11-30-21-13-22(31-23(21)17(2)27)26-25(24(28)29)14-19-8-3-4-9-20(19)15-25/h3-9,12-13,26H,10-11,14-15H2,1-2H3,(H,28,29). The van der Waals surface area contributed by atoms with Gasteiger partial charge in [0, 0.05) is 32.3 Å². The lowest BCUT2D eigenvalue weighted by molar-refractivity contribution is -0.142. The van der Waals surface area contributed by atoms with Crippen LogP contribution in [0.2, 0.25) is 0 Å². The molecule has 160 valence electrons. The van der Waals surface area contributed by atoms with E-state index in [1.54, 1.807) is 6.07 Å². The zero-order chi connectivity index (χ0) is 22.0. The Hall–Kier alpha value is -3.12. The number of ketones is 1. The van der Waals surface area contributed by atoms with Crippen molar-refractivity contribution < 1.29 is 19.4 Å². The molecule has 1 aliphatic carbocycles. The summed E-state index contributed by atoms with van der Waals surface area (Å²) in [7, 11) is 0. The van der Waals surface area contributed by atoms with Gasteiger partial charge in [-0.2, -0.15) is 0 Å². The number of carboxylic acids is 1. The predicted molar refractivity (Wildman–Crippen MR) is 123 cm³/mol. The van der Waals surface area contributed by atoms with Crippen LogP contribution in [0.4, 0.5) is 5.00 Å². The second-order valence-corrected chi connectivity index (χ2v) is 9.13. The fourth-order valence-electron chi connectivity index (χ4n) is 4.08. The molecule has 5 nitrogen and oxygen atoms in total. The number of fused-ring (bicyclic) bond motifs is 1. The summed E-state index contributed by atoms with van der Waals surface area (Å²) in [6, 6.07) is 17.8. The third-order valence-corrected chi connectivity index (χ3v) is 6.76. The number of ether oxygens (including phenoxy) is 1.